The fraction of sp³-hybridized carbons (Fsp3) is 0. The molecule has 102 valence electrons. The molecule has 0 fully saturated rings. The zero-order valence-electron chi connectivity index (χ0n) is 10.0. The second kappa shape index (κ2) is 4.77. The van der Waals surface area contributed by atoms with Crippen LogP contribution in [0.5, 0.6) is 0 Å². The molecule has 0 radical (unpaired) electrons. The summed E-state index contributed by atoms with van der Waals surface area (Å²) in [6.45, 7) is 0. The molecule has 0 saturated heterocycles. The van der Waals surface area contributed by atoms with Gasteiger partial charge in [0.2, 0.25) is 0 Å². The summed E-state index contributed by atoms with van der Waals surface area (Å²) in [6, 6.07) is 11.3. The zero-order chi connectivity index (χ0) is 14.2. The van der Waals surface area contributed by atoms with Gasteiger partial charge < -0.3 is 0 Å². The van der Waals surface area contributed by atoms with Crippen LogP contribution in [0, 0.1) is 0 Å². The van der Waals surface area contributed by atoms with E-state index in [0.29, 0.717) is 16.7 Å². The minimum Gasteiger partial charge on any atom is -0.277 e. The van der Waals surface area contributed by atoms with Gasteiger partial charge in [0.15, 0.2) is 0 Å². The number of halogens is 1. The van der Waals surface area contributed by atoms with E-state index >= 15 is 0 Å². The Kier molecular flexibility index (Phi) is 3.07. The number of anilines is 1. The fourth-order valence-electron chi connectivity index (χ4n) is 1.81. The number of aromatic nitrogens is 3. The number of fused-ring (bicyclic) bond motifs is 1. The van der Waals surface area contributed by atoms with Crippen LogP contribution in [0.1, 0.15) is 0 Å². The lowest BCUT2D eigenvalue weighted by molar-refractivity contribution is 0.601. The molecule has 1 heterocycles. The van der Waals surface area contributed by atoms with Crippen LogP contribution in [0.3, 0.4) is 0 Å². The van der Waals surface area contributed by atoms with Gasteiger partial charge >= 0.3 is 0 Å². The van der Waals surface area contributed by atoms with E-state index in [-0.39, 0.29) is 9.92 Å². The second-order valence-corrected chi connectivity index (χ2v) is 6.09. The van der Waals surface area contributed by atoms with E-state index in [0.717, 1.165) is 0 Å². The van der Waals surface area contributed by atoms with Crippen LogP contribution in [0.2, 0.25) is 5.02 Å². The van der Waals surface area contributed by atoms with Crippen LogP contribution < -0.4 is 4.72 Å². The maximum atomic E-state index is 12.3. The first kappa shape index (κ1) is 12.9. The molecule has 0 aliphatic carbocycles. The first-order valence-corrected chi connectivity index (χ1v) is 7.51. The molecular weight excluding hydrogens is 300 g/mol. The second-order valence-electron chi connectivity index (χ2n) is 4.03. The zero-order valence-corrected chi connectivity index (χ0v) is 11.6. The Bertz CT molecular complexity index is 876. The number of nitrogens with zero attached hydrogens (tertiary/aromatic N) is 2. The third-order valence-electron chi connectivity index (χ3n) is 2.72. The lowest BCUT2D eigenvalue weighted by atomic mass is 10.3. The standard InChI is InChI=1S/C12H9ClN4O2S/c13-8-4-1-2-7-11(8)20(18,19)16-10-6-3-5-9-12(10)15-17-14-9/h1-7,16H,(H,14,15,17). The van der Waals surface area contributed by atoms with Crippen LogP contribution in [-0.4, -0.2) is 23.8 Å². The summed E-state index contributed by atoms with van der Waals surface area (Å²) in [4.78, 5) is 0.0159. The van der Waals surface area contributed by atoms with Crippen molar-refractivity contribution in [2.75, 3.05) is 4.72 Å². The fourth-order valence-corrected chi connectivity index (χ4v) is 3.40. The number of rotatable bonds is 3. The predicted molar refractivity (Wildman–Crippen MR) is 76.1 cm³/mol. The van der Waals surface area contributed by atoms with Crippen molar-refractivity contribution >= 4 is 38.3 Å². The highest BCUT2D eigenvalue weighted by Gasteiger charge is 2.19. The van der Waals surface area contributed by atoms with Gasteiger partial charge in [-0.05, 0) is 24.3 Å². The number of benzene rings is 2. The highest BCUT2D eigenvalue weighted by Crippen LogP contribution is 2.26. The molecule has 0 amide bonds. The van der Waals surface area contributed by atoms with Gasteiger partial charge in [-0.3, -0.25) is 4.72 Å². The van der Waals surface area contributed by atoms with Crippen LogP contribution in [0.15, 0.2) is 47.4 Å². The van der Waals surface area contributed by atoms with Crippen LogP contribution in [-0.2, 0) is 10.0 Å². The first-order valence-electron chi connectivity index (χ1n) is 5.65. The SMILES string of the molecule is O=S(=O)(Nc1cccc2n[nH]nc12)c1ccccc1Cl. The van der Waals surface area contributed by atoms with E-state index in [1.54, 1.807) is 30.3 Å². The molecular formula is C12H9ClN4O2S. The van der Waals surface area contributed by atoms with Crippen molar-refractivity contribution in [2.45, 2.75) is 4.90 Å². The molecule has 3 aromatic rings. The highest BCUT2D eigenvalue weighted by atomic mass is 35.5. The minimum absolute atomic E-state index is 0.0159. The Morgan fingerprint density at radius 3 is 2.65 bits per heavy atom. The van der Waals surface area contributed by atoms with E-state index in [1.807, 2.05) is 0 Å². The van der Waals surface area contributed by atoms with Gasteiger partial charge in [0, 0.05) is 0 Å². The third-order valence-corrected chi connectivity index (χ3v) is 4.58. The molecule has 0 aliphatic rings. The normalized spacial score (nSPS) is 11.7. The lowest BCUT2D eigenvalue weighted by Crippen LogP contribution is -2.13. The topological polar surface area (TPSA) is 87.7 Å². The molecule has 20 heavy (non-hydrogen) atoms. The van der Waals surface area contributed by atoms with E-state index in [1.165, 1.54) is 12.1 Å². The molecule has 0 unspecified atom stereocenters. The predicted octanol–water partition coefficient (Wildman–Crippen LogP) is 2.41. The smallest absolute Gasteiger partial charge is 0.263 e. The van der Waals surface area contributed by atoms with Gasteiger partial charge in [0.05, 0.1) is 10.7 Å². The number of sulfonamides is 1. The Hall–Kier alpha value is -2.12. The lowest BCUT2D eigenvalue weighted by Gasteiger charge is -2.09. The Balaban J connectivity index is 2.06. The molecule has 1 aromatic heterocycles. The first-order chi connectivity index (χ1) is 9.58. The van der Waals surface area contributed by atoms with Crippen molar-refractivity contribution in [3.8, 4) is 0 Å². The van der Waals surface area contributed by atoms with Crippen molar-refractivity contribution in [3.63, 3.8) is 0 Å². The van der Waals surface area contributed by atoms with Gasteiger partial charge in [0.1, 0.15) is 15.9 Å². The van der Waals surface area contributed by atoms with E-state index in [9.17, 15) is 8.42 Å². The molecule has 2 aromatic carbocycles. The van der Waals surface area contributed by atoms with Crippen LogP contribution >= 0.6 is 11.6 Å². The molecule has 3 rings (SSSR count). The molecule has 0 spiro atoms. The highest BCUT2D eigenvalue weighted by molar-refractivity contribution is 7.92. The third kappa shape index (κ3) is 2.21. The number of hydrogen-bond acceptors (Lipinski definition) is 4. The number of H-pyrrole nitrogens is 1. The average molecular weight is 309 g/mol. The monoisotopic (exact) mass is 308 g/mol. The summed E-state index contributed by atoms with van der Waals surface area (Å²) in [5.41, 5.74) is 1.36. The molecule has 0 aliphatic heterocycles. The van der Waals surface area contributed by atoms with Gasteiger partial charge in [0.25, 0.3) is 10.0 Å². The summed E-state index contributed by atoms with van der Waals surface area (Å²) in [6.07, 6.45) is 0. The molecule has 8 heteroatoms. The summed E-state index contributed by atoms with van der Waals surface area (Å²) < 4.78 is 27.1. The van der Waals surface area contributed by atoms with E-state index < -0.39 is 10.0 Å². The molecule has 0 bridgehead atoms. The number of hydrogen-bond donors (Lipinski definition) is 2. The van der Waals surface area contributed by atoms with Gasteiger partial charge in [-0.1, -0.05) is 29.8 Å². The maximum Gasteiger partial charge on any atom is 0.263 e. The van der Waals surface area contributed by atoms with Crippen LogP contribution in [0.4, 0.5) is 5.69 Å². The van der Waals surface area contributed by atoms with Gasteiger partial charge in [-0.15, -0.1) is 0 Å². The summed E-state index contributed by atoms with van der Waals surface area (Å²) in [7, 11) is -3.78. The number of aromatic amines is 1. The largest absolute Gasteiger partial charge is 0.277 e. The average Bonchev–Trinajstić information content (AvgIpc) is 2.88. The molecule has 0 atom stereocenters. The maximum absolute atomic E-state index is 12.3. The Morgan fingerprint density at radius 2 is 1.85 bits per heavy atom. The molecule has 2 N–H and O–H groups in total. The Morgan fingerprint density at radius 1 is 1.05 bits per heavy atom. The summed E-state index contributed by atoms with van der Waals surface area (Å²) in [5, 5.41) is 10.4. The molecule has 6 nitrogen and oxygen atoms in total. The number of para-hydroxylation sites is 1. The number of nitrogens with one attached hydrogen (secondary N) is 2. The Labute approximate surface area is 119 Å². The summed E-state index contributed by atoms with van der Waals surface area (Å²) in [5.74, 6) is 0. The quantitative estimate of drug-likeness (QED) is 0.777. The van der Waals surface area contributed by atoms with Gasteiger partial charge in [-0.2, -0.15) is 15.4 Å². The summed E-state index contributed by atoms with van der Waals surface area (Å²) >= 11 is 5.92. The van der Waals surface area contributed by atoms with Crippen molar-refractivity contribution < 1.29 is 8.42 Å². The van der Waals surface area contributed by atoms with Crippen molar-refractivity contribution in [1.29, 1.82) is 0 Å². The van der Waals surface area contributed by atoms with Crippen molar-refractivity contribution in [2.24, 2.45) is 0 Å². The minimum atomic E-state index is -3.78. The van der Waals surface area contributed by atoms with E-state index in [2.05, 4.69) is 20.1 Å². The molecule has 0 saturated carbocycles. The van der Waals surface area contributed by atoms with Crippen LogP contribution in [0.25, 0.3) is 11.0 Å². The van der Waals surface area contributed by atoms with Gasteiger partial charge in [-0.25, -0.2) is 8.42 Å². The van der Waals surface area contributed by atoms with E-state index in [4.69, 9.17) is 11.6 Å². The van der Waals surface area contributed by atoms with Crippen molar-refractivity contribution in [3.05, 3.63) is 47.5 Å². The van der Waals surface area contributed by atoms with Crippen molar-refractivity contribution in [1.82, 2.24) is 15.4 Å².